The van der Waals surface area contributed by atoms with E-state index in [1.807, 2.05) is 31.2 Å². The summed E-state index contributed by atoms with van der Waals surface area (Å²) in [6, 6.07) is 18.1. The summed E-state index contributed by atoms with van der Waals surface area (Å²) in [5.74, 6) is -0.991. The van der Waals surface area contributed by atoms with Crippen LogP contribution in [0.15, 0.2) is 66.7 Å². The highest BCUT2D eigenvalue weighted by Gasteiger charge is 2.24. The first kappa shape index (κ1) is 35.7. The molecule has 13 heteroatoms. The summed E-state index contributed by atoms with van der Waals surface area (Å²) in [7, 11) is 2.96. The van der Waals surface area contributed by atoms with Gasteiger partial charge in [-0.15, -0.1) is 0 Å². The Morgan fingerprint density at radius 2 is 1.65 bits per heavy atom. The van der Waals surface area contributed by atoms with Crippen molar-refractivity contribution < 1.29 is 38.5 Å². The molecule has 256 valence electrons. The van der Waals surface area contributed by atoms with Crippen molar-refractivity contribution in [1.82, 2.24) is 15.1 Å². The number of aryl methyl sites for hydroxylation is 1. The van der Waals surface area contributed by atoms with E-state index < -0.39 is 17.9 Å². The van der Waals surface area contributed by atoms with Gasteiger partial charge in [-0.3, -0.25) is 19.3 Å². The van der Waals surface area contributed by atoms with Gasteiger partial charge in [-0.2, -0.15) is 0 Å². The number of anilines is 2. The van der Waals surface area contributed by atoms with Gasteiger partial charge in [-0.1, -0.05) is 36.4 Å². The number of ether oxygens (including phenoxy) is 3. The first-order chi connectivity index (χ1) is 23.1. The zero-order chi connectivity index (χ0) is 34.5. The van der Waals surface area contributed by atoms with E-state index in [-0.39, 0.29) is 31.3 Å². The zero-order valence-corrected chi connectivity index (χ0v) is 27.5. The van der Waals surface area contributed by atoms with Gasteiger partial charge in [0, 0.05) is 37.6 Å². The molecule has 0 bridgehead atoms. The normalized spacial score (nSPS) is 13.6. The molecule has 1 fully saturated rings. The predicted octanol–water partition coefficient (Wildman–Crippen LogP) is 3.69. The summed E-state index contributed by atoms with van der Waals surface area (Å²) < 4.78 is 16.1. The maximum absolute atomic E-state index is 13.6. The van der Waals surface area contributed by atoms with E-state index in [1.165, 1.54) is 19.1 Å². The van der Waals surface area contributed by atoms with Gasteiger partial charge in [0.25, 0.3) is 0 Å². The molecule has 13 nitrogen and oxygen atoms in total. The van der Waals surface area contributed by atoms with Gasteiger partial charge in [-0.25, -0.2) is 4.79 Å². The van der Waals surface area contributed by atoms with E-state index in [0.717, 1.165) is 18.7 Å². The minimum atomic E-state index is -1.10. The number of morpholine rings is 1. The fourth-order valence-corrected chi connectivity index (χ4v) is 5.28. The number of hydrogen-bond acceptors (Lipinski definition) is 8. The molecule has 1 heterocycles. The first-order valence-electron chi connectivity index (χ1n) is 15.7. The molecule has 0 spiro atoms. The highest BCUT2D eigenvalue weighted by molar-refractivity contribution is 6.00. The number of nitrogens with zero attached hydrogens (tertiary/aromatic N) is 2. The van der Waals surface area contributed by atoms with Crippen LogP contribution in [0.5, 0.6) is 11.5 Å². The number of para-hydroxylation sites is 1. The molecule has 48 heavy (non-hydrogen) atoms. The Morgan fingerprint density at radius 1 is 0.938 bits per heavy atom. The first-order valence-corrected chi connectivity index (χ1v) is 15.7. The van der Waals surface area contributed by atoms with Crippen molar-refractivity contribution in [2.75, 3.05) is 70.8 Å². The van der Waals surface area contributed by atoms with Crippen LogP contribution in [-0.2, 0) is 25.5 Å². The van der Waals surface area contributed by atoms with Gasteiger partial charge in [0.05, 0.1) is 52.9 Å². The SMILES string of the molecule is COc1ccc([C@H](CC(=O)O)NC(=O)CN(CCN2CCOCC2)C(=O)Cc2ccc(NC(=O)Nc3ccccc3C)cc2)cc1OC. The molecule has 3 aromatic rings. The lowest BCUT2D eigenvalue weighted by atomic mass is 10.0. The molecule has 4 rings (SSSR count). The summed E-state index contributed by atoms with van der Waals surface area (Å²) in [5.41, 5.74) is 3.43. The Morgan fingerprint density at radius 3 is 2.31 bits per heavy atom. The minimum absolute atomic E-state index is 0.0281. The maximum atomic E-state index is 13.6. The standard InChI is InChI=1S/C35H43N5O8/c1-24-6-4-5-7-28(24)38-35(45)36-27-11-8-25(9-12-27)20-33(42)40(15-14-39-16-18-48-19-17-39)23-32(41)37-29(22-34(43)44)26-10-13-30(46-2)31(21-26)47-3/h4-13,21,29H,14-20,22-23H2,1-3H3,(H,37,41)(H,43,44)(H2,36,38,45)/t29-/m0/s1. The average Bonchev–Trinajstić information content (AvgIpc) is 3.08. The number of rotatable bonds is 15. The molecule has 0 aliphatic carbocycles. The number of benzene rings is 3. The fourth-order valence-electron chi connectivity index (χ4n) is 5.28. The van der Waals surface area contributed by atoms with Crippen molar-refractivity contribution in [3.8, 4) is 11.5 Å². The number of aliphatic carboxylic acids is 1. The smallest absolute Gasteiger partial charge is 0.323 e. The number of carboxylic acid groups (broad SMARTS) is 1. The van der Waals surface area contributed by atoms with Crippen LogP contribution in [0.2, 0.25) is 0 Å². The molecule has 0 saturated carbocycles. The van der Waals surface area contributed by atoms with Gasteiger partial charge in [0.15, 0.2) is 11.5 Å². The van der Waals surface area contributed by atoms with Crippen molar-refractivity contribution in [2.24, 2.45) is 0 Å². The van der Waals surface area contributed by atoms with Crippen LogP contribution in [0, 0.1) is 6.92 Å². The summed E-state index contributed by atoms with van der Waals surface area (Å²) in [5, 5.41) is 18.0. The van der Waals surface area contributed by atoms with Gasteiger partial charge < -0.3 is 40.2 Å². The Kier molecular flexibility index (Phi) is 13.2. The van der Waals surface area contributed by atoms with Crippen LogP contribution < -0.4 is 25.4 Å². The molecule has 4 amide bonds. The lowest BCUT2D eigenvalue weighted by molar-refractivity contribution is -0.139. The molecule has 0 unspecified atom stereocenters. The topological polar surface area (TPSA) is 159 Å². The van der Waals surface area contributed by atoms with Gasteiger partial charge in [0.2, 0.25) is 11.8 Å². The number of carboxylic acids is 1. The Bertz CT molecular complexity index is 1560. The molecule has 1 saturated heterocycles. The summed E-state index contributed by atoms with van der Waals surface area (Å²) in [6.45, 7) is 5.13. The number of urea groups is 1. The third kappa shape index (κ3) is 10.7. The van der Waals surface area contributed by atoms with E-state index in [4.69, 9.17) is 14.2 Å². The van der Waals surface area contributed by atoms with Gasteiger partial charge in [0.1, 0.15) is 0 Å². The van der Waals surface area contributed by atoms with E-state index in [9.17, 15) is 24.3 Å². The van der Waals surface area contributed by atoms with Gasteiger partial charge >= 0.3 is 12.0 Å². The Balaban J connectivity index is 1.42. The number of hydrogen-bond donors (Lipinski definition) is 4. The molecule has 0 aromatic heterocycles. The zero-order valence-electron chi connectivity index (χ0n) is 27.5. The number of carbonyl (C=O) groups excluding carboxylic acids is 3. The molecule has 1 atom stereocenters. The largest absolute Gasteiger partial charge is 0.493 e. The number of amides is 4. The number of carbonyl (C=O) groups is 4. The predicted molar refractivity (Wildman–Crippen MR) is 180 cm³/mol. The van der Waals surface area contributed by atoms with E-state index >= 15 is 0 Å². The van der Waals surface area contributed by atoms with E-state index in [2.05, 4.69) is 20.9 Å². The van der Waals surface area contributed by atoms with Crippen LogP contribution >= 0.6 is 0 Å². The third-order valence-electron chi connectivity index (χ3n) is 7.96. The molecule has 1 aliphatic rings. The lowest BCUT2D eigenvalue weighted by Crippen LogP contribution is -2.47. The van der Waals surface area contributed by atoms with Crippen molar-refractivity contribution in [2.45, 2.75) is 25.8 Å². The summed E-state index contributed by atoms with van der Waals surface area (Å²) >= 11 is 0. The highest BCUT2D eigenvalue weighted by atomic mass is 16.5. The van der Waals surface area contributed by atoms with Crippen molar-refractivity contribution in [3.63, 3.8) is 0 Å². The van der Waals surface area contributed by atoms with Crippen LogP contribution in [-0.4, -0.2) is 98.9 Å². The van der Waals surface area contributed by atoms with Crippen LogP contribution in [0.1, 0.15) is 29.2 Å². The Labute approximate surface area is 280 Å². The number of nitrogens with one attached hydrogen (secondary N) is 3. The lowest BCUT2D eigenvalue weighted by Gasteiger charge is -2.30. The Hall–Kier alpha value is -5.14. The molecular weight excluding hydrogens is 618 g/mol. The highest BCUT2D eigenvalue weighted by Crippen LogP contribution is 2.31. The van der Waals surface area contributed by atoms with Crippen LogP contribution in [0.3, 0.4) is 0 Å². The quantitative estimate of drug-likeness (QED) is 0.191. The number of methoxy groups -OCH3 is 2. The summed E-state index contributed by atoms with van der Waals surface area (Å²) in [4.78, 5) is 54.8. The van der Waals surface area contributed by atoms with Crippen LogP contribution in [0.4, 0.5) is 16.2 Å². The summed E-state index contributed by atoms with van der Waals surface area (Å²) in [6.07, 6.45) is -0.341. The molecular formula is C35H43N5O8. The van der Waals surface area contributed by atoms with Gasteiger partial charge in [-0.05, 0) is 53.9 Å². The molecule has 0 radical (unpaired) electrons. The van der Waals surface area contributed by atoms with E-state index in [1.54, 1.807) is 42.5 Å². The molecule has 4 N–H and O–H groups in total. The molecule has 1 aliphatic heterocycles. The average molecular weight is 662 g/mol. The second-order valence-electron chi connectivity index (χ2n) is 11.4. The van der Waals surface area contributed by atoms with Crippen molar-refractivity contribution >= 4 is 35.2 Å². The maximum Gasteiger partial charge on any atom is 0.323 e. The molecule has 3 aromatic carbocycles. The van der Waals surface area contributed by atoms with Crippen molar-refractivity contribution in [1.29, 1.82) is 0 Å². The monoisotopic (exact) mass is 661 g/mol. The van der Waals surface area contributed by atoms with Crippen molar-refractivity contribution in [3.05, 3.63) is 83.4 Å². The fraction of sp³-hybridized carbons (Fsp3) is 0.371. The minimum Gasteiger partial charge on any atom is -0.493 e. The second-order valence-corrected chi connectivity index (χ2v) is 11.4. The van der Waals surface area contributed by atoms with Crippen LogP contribution in [0.25, 0.3) is 0 Å². The second kappa shape index (κ2) is 17.7. The third-order valence-corrected chi connectivity index (χ3v) is 7.96. The van der Waals surface area contributed by atoms with E-state index in [0.29, 0.717) is 60.3 Å².